The highest BCUT2D eigenvalue weighted by molar-refractivity contribution is 6.30. The summed E-state index contributed by atoms with van der Waals surface area (Å²) in [5, 5.41) is 4.67. The number of carbonyl (C=O) groups is 1. The number of carbonyl (C=O) groups excluding carboxylic acids is 1. The van der Waals surface area contributed by atoms with Crippen molar-refractivity contribution in [3.63, 3.8) is 0 Å². The molecule has 0 spiro atoms. The van der Waals surface area contributed by atoms with E-state index in [0.29, 0.717) is 34.8 Å². The molecule has 0 N–H and O–H groups in total. The van der Waals surface area contributed by atoms with Crippen LogP contribution >= 0.6 is 11.6 Å². The number of hydrogen-bond acceptors (Lipinski definition) is 6. The Kier molecular flexibility index (Phi) is 6.23. The van der Waals surface area contributed by atoms with E-state index >= 15 is 0 Å². The van der Waals surface area contributed by atoms with Gasteiger partial charge in [0.25, 0.3) is 0 Å². The zero-order chi connectivity index (χ0) is 21.8. The van der Waals surface area contributed by atoms with Crippen molar-refractivity contribution < 1.29 is 18.8 Å². The van der Waals surface area contributed by atoms with E-state index in [1.807, 2.05) is 24.3 Å². The van der Waals surface area contributed by atoms with Gasteiger partial charge in [-0.1, -0.05) is 35.0 Å². The number of halogens is 1. The van der Waals surface area contributed by atoms with E-state index in [-0.39, 0.29) is 11.9 Å². The van der Waals surface area contributed by atoms with Gasteiger partial charge < -0.3 is 18.9 Å². The first kappa shape index (κ1) is 20.9. The Balaban J connectivity index is 1.50. The predicted octanol–water partition coefficient (Wildman–Crippen LogP) is 4.78. The van der Waals surface area contributed by atoms with Gasteiger partial charge in [-0.25, -0.2) is 0 Å². The molecule has 0 bridgehead atoms. The number of hydrogen-bond donors (Lipinski definition) is 0. The summed E-state index contributed by atoms with van der Waals surface area (Å²) in [4.78, 5) is 19.1. The molecule has 160 valence electrons. The first-order valence-corrected chi connectivity index (χ1v) is 10.3. The molecule has 0 aliphatic carbocycles. The molecule has 1 atom stereocenters. The molecule has 4 rings (SSSR count). The first-order valence-electron chi connectivity index (χ1n) is 9.89. The molecule has 1 aromatic heterocycles. The van der Waals surface area contributed by atoms with Crippen molar-refractivity contribution in [1.29, 1.82) is 0 Å². The molecule has 3 aromatic rings. The molecule has 31 heavy (non-hydrogen) atoms. The van der Waals surface area contributed by atoms with Gasteiger partial charge in [-0.15, -0.1) is 0 Å². The summed E-state index contributed by atoms with van der Waals surface area (Å²) < 4.78 is 16.1. The Morgan fingerprint density at radius 1 is 1.19 bits per heavy atom. The zero-order valence-corrected chi connectivity index (χ0v) is 18.0. The molecule has 7 nitrogen and oxygen atoms in total. The summed E-state index contributed by atoms with van der Waals surface area (Å²) in [6, 6.07) is 12.5. The molecule has 0 unspecified atom stereocenters. The van der Waals surface area contributed by atoms with E-state index in [0.717, 1.165) is 24.0 Å². The number of nitrogens with zero attached hydrogens (tertiary/aromatic N) is 3. The van der Waals surface area contributed by atoms with Crippen LogP contribution in [0.15, 0.2) is 53.1 Å². The van der Waals surface area contributed by atoms with Crippen LogP contribution < -0.4 is 9.47 Å². The highest BCUT2D eigenvalue weighted by Gasteiger charge is 2.33. The molecule has 0 saturated carbocycles. The maximum atomic E-state index is 12.9. The maximum Gasteiger partial charge on any atom is 0.249 e. The monoisotopic (exact) mass is 439 g/mol. The molecular weight excluding hydrogens is 418 g/mol. The van der Waals surface area contributed by atoms with Crippen LogP contribution in [0, 0.1) is 0 Å². The maximum absolute atomic E-state index is 12.9. The minimum absolute atomic E-state index is 0.111. The Bertz CT molecular complexity index is 1110. The quantitative estimate of drug-likeness (QED) is 0.514. The van der Waals surface area contributed by atoms with E-state index < -0.39 is 0 Å². The second kappa shape index (κ2) is 9.22. The van der Waals surface area contributed by atoms with Crippen molar-refractivity contribution >= 4 is 23.6 Å². The molecule has 1 aliphatic heterocycles. The van der Waals surface area contributed by atoms with Crippen molar-refractivity contribution in [2.75, 3.05) is 20.8 Å². The van der Waals surface area contributed by atoms with E-state index in [1.54, 1.807) is 49.5 Å². The van der Waals surface area contributed by atoms with Gasteiger partial charge in [0.2, 0.25) is 17.6 Å². The van der Waals surface area contributed by atoms with E-state index in [4.69, 9.17) is 25.6 Å². The van der Waals surface area contributed by atoms with Crippen LogP contribution in [0.25, 0.3) is 17.5 Å². The van der Waals surface area contributed by atoms with Crippen LogP contribution in [0.5, 0.6) is 11.5 Å². The number of methoxy groups -OCH3 is 2. The van der Waals surface area contributed by atoms with Crippen molar-refractivity contribution in [2.45, 2.75) is 18.9 Å². The molecule has 1 aliphatic rings. The lowest BCUT2D eigenvalue weighted by Gasteiger charge is -2.20. The van der Waals surface area contributed by atoms with Gasteiger partial charge >= 0.3 is 0 Å². The van der Waals surface area contributed by atoms with Crippen LogP contribution in [0.3, 0.4) is 0 Å². The fourth-order valence-corrected chi connectivity index (χ4v) is 3.81. The standard InChI is InChI=1S/C23H22ClN3O4/c1-29-19-10-8-15(13-20(19)30-2)9-11-21(28)27-12-4-7-18(27)23-25-22(26-31-23)16-5-3-6-17(24)14-16/h3,5-6,8-11,13-14,18H,4,7,12H2,1-2H3/b11-9+/t18-/m1/s1. The molecule has 1 amide bonds. The highest BCUT2D eigenvalue weighted by Crippen LogP contribution is 2.33. The lowest BCUT2D eigenvalue weighted by molar-refractivity contribution is -0.127. The van der Waals surface area contributed by atoms with Crippen molar-refractivity contribution in [3.05, 3.63) is 65.0 Å². The van der Waals surface area contributed by atoms with Gasteiger partial charge in [-0.3, -0.25) is 4.79 Å². The second-order valence-corrected chi connectivity index (χ2v) is 7.54. The number of likely N-dealkylation sites (tertiary alicyclic amines) is 1. The van der Waals surface area contributed by atoms with E-state index in [2.05, 4.69) is 10.1 Å². The summed E-state index contributed by atoms with van der Waals surface area (Å²) in [5.74, 6) is 2.02. The highest BCUT2D eigenvalue weighted by atomic mass is 35.5. The fraction of sp³-hybridized carbons (Fsp3) is 0.261. The van der Waals surface area contributed by atoms with Crippen molar-refractivity contribution in [3.8, 4) is 22.9 Å². The van der Waals surface area contributed by atoms with Gasteiger partial charge in [0.05, 0.1) is 14.2 Å². The predicted molar refractivity (Wildman–Crippen MR) is 117 cm³/mol. The summed E-state index contributed by atoms with van der Waals surface area (Å²) in [7, 11) is 3.16. The number of rotatable bonds is 6. The molecule has 2 aromatic carbocycles. The molecule has 2 heterocycles. The smallest absolute Gasteiger partial charge is 0.249 e. The number of amides is 1. The van der Waals surface area contributed by atoms with E-state index in [1.165, 1.54) is 0 Å². The Labute approximate surface area is 185 Å². The lowest BCUT2D eigenvalue weighted by Crippen LogP contribution is -2.29. The minimum atomic E-state index is -0.247. The Morgan fingerprint density at radius 2 is 2.03 bits per heavy atom. The third-order valence-electron chi connectivity index (χ3n) is 5.17. The minimum Gasteiger partial charge on any atom is -0.493 e. The largest absolute Gasteiger partial charge is 0.493 e. The fourth-order valence-electron chi connectivity index (χ4n) is 3.62. The van der Waals surface area contributed by atoms with Gasteiger partial charge in [0.1, 0.15) is 6.04 Å². The average molecular weight is 440 g/mol. The molecule has 0 radical (unpaired) electrons. The van der Waals surface area contributed by atoms with Crippen LogP contribution in [-0.2, 0) is 4.79 Å². The topological polar surface area (TPSA) is 77.7 Å². The van der Waals surface area contributed by atoms with Gasteiger partial charge in [-0.2, -0.15) is 4.98 Å². The van der Waals surface area contributed by atoms with Gasteiger partial charge in [0.15, 0.2) is 11.5 Å². The van der Waals surface area contributed by atoms with Crippen LogP contribution in [0.4, 0.5) is 0 Å². The van der Waals surface area contributed by atoms with Crippen LogP contribution in [-0.4, -0.2) is 41.7 Å². The first-order chi connectivity index (χ1) is 15.1. The van der Waals surface area contributed by atoms with Crippen LogP contribution in [0.1, 0.15) is 30.3 Å². The summed E-state index contributed by atoms with van der Waals surface area (Å²) in [6.45, 7) is 0.634. The SMILES string of the molecule is COc1ccc(/C=C/C(=O)N2CCC[C@@H]2c2nc(-c3cccc(Cl)c3)no2)cc1OC. The lowest BCUT2D eigenvalue weighted by atomic mass is 10.1. The Morgan fingerprint density at radius 3 is 2.81 bits per heavy atom. The number of benzene rings is 2. The zero-order valence-electron chi connectivity index (χ0n) is 17.2. The normalized spacial score (nSPS) is 16.1. The third kappa shape index (κ3) is 4.56. The van der Waals surface area contributed by atoms with Crippen molar-refractivity contribution in [2.24, 2.45) is 0 Å². The van der Waals surface area contributed by atoms with Gasteiger partial charge in [-0.05, 0) is 48.7 Å². The average Bonchev–Trinajstić information content (AvgIpc) is 3.47. The number of aromatic nitrogens is 2. The summed E-state index contributed by atoms with van der Waals surface area (Å²) in [5.41, 5.74) is 1.61. The Hall–Kier alpha value is -3.32. The summed E-state index contributed by atoms with van der Waals surface area (Å²) in [6.07, 6.45) is 4.95. The molecular formula is C23H22ClN3O4. The van der Waals surface area contributed by atoms with Crippen molar-refractivity contribution in [1.82, 2.24) is 15.0 Å². The van der Waals surface area contributed by atoms with Gasteiger partial charge in [0, 0.05) is 23.2 Å². The number of ether oxygens (including phenoxy) is 2. The molecule has 8 heteroatoms. The molecule has 1 fully saturated rings. The molecule has 1 saturated heterocycles. The second-order valence-electron chi connectivity index (χ2n) is 7.10. The third-order valence-corrected chi connectivity index (χ3v) is 5.41. The van der Waals surface area contributed by atoms with Crippen LogP contribution in [0.2, 0.25) is 5.02 Å². The summed E-state index contributed by atoms with van der Waals surface area (Å²) >= 11 is 6.05. The van der Waals surface area contributed by atoms with E-state index in [9.17, 15) is 4.79 Å².